The standard InChI is InChI=1S/C13H17F2N/c1-8(10-2-3-10)13(16)6-9-4-11(14)7-12(15)5-9/h4-5,7-8,10,13H,2-3,6,16H2,1H3. The first kappa shape index (κ1) is 11.5. The Morgan fingerprint density at radius 3 is 2.31 bits per heavy atom. The second kappa shape index (κ2) is 4.50. The van der Waals surface area contributed by atoms with Gasteiger partial charge in [-0.2, -0.15) is 0 Å². The molecular weight excluding hydrogens is 208 g/mol. The molecule has 1 aromatic carbocycles. The van der Waals surface area contributed by atoms with E-state index in [1.165, 1.54) is 25.0 Å². The first-order chi connectivity index (χ1) is 7.56. The van der Waals surface area contributed by atoms with Crippen LogP contribution in [-0.4, -0.2) is 6.04 Å². The van der Waals surface area contributed by atoms with Gasteiger partial charge in [0.25, 0.3) is 0 Å². The summed E-state index contributed by atoms with van der Waals surface area (Å²) in [5.74, 6) is 0.0993. The Hall–Kier alpha value is -0.960. The van der Waals surface area contributed by atoms with Crippen LogP contribution in [0, 0.1) is 23.5 Å². The van der Waals surface area contributed by atoms with E-state index in [2.05, 4.69) is 6.92 Å². The van der Waals surface area contributed by atoms with Crippen molar-refractivity contribution in [1.82, 2.24) is 0 Å². The highest BCUT2D eigenvalue weighted by molar-refractivity contribution is 5.19. The normalized spacial score (nSPS) is 19.5. The minimum absolute atomic E-state index is 0.00583. The Balaban J connectivity index is 2.01. The average Bonchev–Trinajstić information content (AvgIpc) is 2.97. The molecule has 1 nitrogen and oxygen atoms in total. The van der Waals surface area contributed by atoms with E-state index in [0.29, 0.717) is 23.8 Å². The third kappa shape index (κ3) is 2.79. The molecule has 2 rings (SSSR count). The summed E-state index contributed by atoms with van der Waals surface area (Å²) in [5.41, 5.74) is 6.70. The molecule has 2 atom stereocenters. The number of hydrogen-bond acceptors (Lipinski definition) is 1. The molecule has 16 heavy (non-hydrogen) atoms. The molecule has 0 radical (unpaired) electrons. The van der Waals surface area contributed by atoms with E-state index in [-0.39, 0.29) is 6.04 Å². The molecule has 0 aromatic heterocycles. The van der Waals surface area contributed by atoms with Gasteiger partial charge in [-0.3, -0.25) is 0 Å². The molecule has 1 aromatic rings. The van der Waals surface area contributed by atoms with Crippen molar-refractivity contribution in [3.8, 4) is 0 Å². The third-order valence-electron chi connectivity index (χ3n) is 3.43. The van der Waals surface area contributed by atoms with Gasteiger partial charge in [0.15, 0.2) is 0 Å². The van der Waals surface area contributed by atoms with Crippen LogP contribution in [0.25, 0.3) is 0 Å². The van der Waals surface area contributed by atoms with Crippen LogP contribution >= 0.6 is 0 Å². The molecule has 0 bridgehead atoms. The fraction of sp³-hybridized carbons (Fsp3) is 0.538. The van der Waals surface area contributed by atoms with Gasteiger partial charge < -0.3 is 5.73 Å². The topological polar surface area (TPSA) is 26.0 Å². The number of halogens is 2. The fourth-order valence-electron chi connectivity index (χ4n) is 2.16. The Bertz CT molecular complexity index is 354. The van der Waals surface area contributed by atoms with Crippen molar-refractivity contribution in [2.75, 3.05) is 0 Å². The molecule has 0 aliphatic heterocycles. The maximum atomic E-state index is 13.0. The first-order valence-electron chi connectivity index (χ1n) is 5.77. The smallest absolute Gasteiger partial charge is 0.126 e. The summed E-state index contributed by atoms with van der Waals surface area (Å²) >= 11 is 0. The highest BCUT2D eigenvalue weighted by atomic mass is 19.1. The van der Waals surface area contributed by atoms with Crippen molar-refractivity contribution in [1.29, 1.82) is 0 Å². The molecule has 88 valence electrons. The van der Waals surface area contributed by atoms with Gasteiger partial charge in [0.05, 0.1) is 0 Å². The van der Waals surface area contributed by atoms with E-state index in [9.17, 15) is 8.78 Å². The highest BCUT2D eigenvalue weighted by Gasteiger charge is 2.31. The molecule has 2 N–H and O–H groups in total. The summed E-state index contributed by atoms with van der Waals surface area (Å²) in [5, 5.41) is 0. The molecule has 2 unspecified atom stereocenters. The van der Waals surface area contributed by atoms with E-state index in [1.807, 2.05) is 0 Å². The molecule has 1 saturated carbocycles. The van der Waals surface area contributed by atoms with Crippen molar-refractivity contribution >= 4 is 0 Å². The van der Waals surface area contributed by atoms with Crippen LogP contribution in [-0.2, 0) is 6.42 Å². The molecule has 3 heteroatoms. The summed E-state index contributed by atoms with van der Waals surface area (Å²) < 4.78 is 25.9. The lowest BCUT2D eigenvalue weighted by atomic mass is 9.92. The molecule has 0 heterocycles. The highest BCUT2D eigenvalue weighted by Crippen LogP contribution is 2.38. The summed E-state index contributed by atoms with van der Waals surface area (Å²) in [6.45, 7) is 2.12. The third-order valence-corrected chi connectivity index (χ3v) is 3.43. The summed E-state index contributed by atoms with van der Waals surface area (Å²) in [4.78, 5) is 0. The van der Waals surface area contributed by atoms with Crippen LogP contribution in [0.5, 0.6) is 0 Å². The maximum absolute atomic E-state index is 13.0. The van der Waals surface area contributed by atoms with E-state index < -0.39 is 11.6 Å². The van der Waals surface area contributed by atoms with Gasteiger partial charge in [-0.25, -0.2) is 8.78 Å². The monoisotopic (exact) mass is 225 g/mol. The van der Waals surface area contributed by atoms with E-state index in [0.717, 1.165) is 6.07 Å². The molecular formula is C13H17F2N. The van der Waals surface area contributed by atoms with Gasteiger partial charge in [-0.15, -0.1) is 0 Å². The van der Waals surface area contributed by atoms with Crippen LogP contribution in [0.1, 0.15) is 25.3 Å². The van der Waals surface area contributed by atoms with Crippen LogP contribution in [0.15, 0.2) is 18.2 Å². The van der Waals surface area contributed by atoms with Crippen LogP contribution in [0.2, 0.25) is 0 Å². The zero-order valence-corrected chi connectivity index (χ0v) is 9.42. The van der Waals surface area contributed by atoms with Crippen molar-refractivity contribution in [2.45, 2.75) is 32.2 Å². The number of hydrogen-bond donors (Lipinski definition) is 1. The van der Waals surface area contributed by atoms with E-state index in [1.54, 1.807) is 0 Å². The number of rotatable bonds is 4. The van der Waals surface area contributed by atoms with Gasteiger partial charge in [0, 0.05) is 12.1 Å². The van der Waals surface area contributed by atoms with E-state index >= 15 is 0 Å². The minimum atomic E-state index is -0.527. The average molecular weight is 225 g/mol. The number of benzene rings is 1. The summed E-state index contributed by atoms with van der Waals surface area (Å²) in [7, 11) is 0. The molecule has 0 saturated heterocycles. The Labute approximate surface area is 94.7 Å². The lowest BCUT2D eigenvalue weighted by molar-refractivity contribution is 0.403. The van der Waals surface area contributed by atoms with Gasteiger partial charge >= 0.3 is 0 Å². The minimum Gasteiger partial charge on any atom is -0.327 e. The molecule has 1 aliphatic carbocycles. The molecule has 0 spiro atoms. The predicted molar refractivity (Wildman–Crippen MR) is 59.9 cm³/mol. The first-order valence-corrected chi connectivity index (χ1v) is 5.77. The zero-order valence-electron chi connectivity index (χ0n) is 9.42. The predicted octanol–water partition coefficient (Wildman–Crippen LogP) is 2.88. The zero-order chi connectivity index (χ0) is 11.7. The van der Waals surface area contributed by atoms with Crippen molar-refractivity contribution in [3.05, 3.63) is 35.4 Å². The Kier molecular flexibility index (Phi) is 3.24. The van der Waals surface area contributed by atoms with Crippen molar-refractivity contribution in [2.24, 2.45) is 17.6 Å². The van der Waals surface area contributed by atoms with Crippen LogP contribution in [0.3, 0.4) is 0 Å². The molecule has 1 fully saturated rings. The summed E-state index contributed by atoms with van der Waals surface area (Å²) in [6, 6.07) is 3.61. The van der Waals surface area contributed by atoms with Crippen molar-refractivity contribution < 1.29 is 8.78 Å². The quantitative estimate of drug-likeness (QED) is 0.837. The molecule has 0 amide bonds. The van der Waals surface area contributed by atoms with Crippen molar-refractivity contribution in [3.63, 3.8) is 0 Å². The maximum Gasteiger partial charge on any atom is 0.126 e. The summed E-state index contributed by atoms with van der Waals surface area (Å²) in [6.07, 6.45) is 3.03. The van der Waals surface area contributed by atoms with Gasteiger partial charge in [0.2, 0.25) is 0 Å². The van der Waals surface area contributed by atoms with Crippen LogP contribution in [0.4, 0.5) is 8.78 Å². The van der Waals surface area contributed by atoms with Gasteiger partial charge in [-0.1, -0.05) is 6.92 Å². The SMILES string of the molecule is CC(C(N)Cc1cc(F)cc(F)c1)C1CC1. The fourth-order valence-corrected chi connectivity index (χ4v) is 2.16. The lowest BCUT2D eigenvalue weighted by Gasteiger charge is -2.19. The second-order valence-electron chi connectivity index (χ2n) is 4.84. The van der Waals surface area contributed by atoms with Gasteiger partial charge in [-0.05, 0) is 48.8 Å². The lowest BCUT2D eigenvalue weighted by Crippen LogP contribution is -2.31. The second-order valence-corrected chi connectivity index (χ2v) is 4.84. The largest absolute Gasteiger partial charge is 0.327 e. The Morgan fingerprint density at radius 1 is 1.25 bits per heavy atom. The van der Waals surface area contributed by atoms with E-state index in [4.69, 9.17) is 5.73 Å². The Morgan fingerprint density at radius 2 is 1.81 bits per heavy atom. The molecule has 1 aliphatic rings. The van der Waals surface area contributed by atoms with Crippen LogP contribution < -0.4 is 5.73 Å². The number of nitrogens with two attached hydrogens (primary N) is 1. The van der Waals surface area contributed by atoms with Gasteiger partial charge in [0.1, 0.15) is 11.6 Å².